The molecule has 0 saturated heterocycles. The lowest BCUT2D eigenvalue weighted by Crippen LogP contribution is -2.28. The molecule has 0 unspecified atom stereocenters. The van der Waals surface area contributed by atoms with Gasteiger partial charge in [0, 0.05) is 13.6 Å². The molecule has 2 aromatic rings. The molecule has 114 valence electrons. The van der Waals surface area contributed by atoms with Crippen molar-refractivity contribution in [3.05, 3.63) is 54.0 Å². The standard InChI is InChI=1S/C15H20N2O3S/c1-3-16-11-13-7-4-5-9-15(13)21(18,19)17(2)12-14-8-6-10-20-14/h4-10,16H,3,11-12H2,1-2H3. The molecule has 0 aliphatic rings. The lowest BCUT2D eigenvalue weighted by atomic mass is 10.2. The lowest BCUT2D eigenvalue weighted by molar-refractivity contribution is 0.406. The molecule has 0 atom stereocenters. The average Bonchev–Trinajstić information content (AvgIpc) is 2.98. The second-order valence-corrected chi connectivity index (χ2v) is 6.74. The molecule has 0 radical (unpaired) electrons. The van der Waals surface area contributed by atoms with Gasteiger partial charge in [-0.15, -0.1) is 0 Å². The smallest absolute Gasteiger partial charge is 0.243 e. The highest BCUT2D eigenvalue weighted by atomic mass is 32.2. The summed E-state index contributed by atoms with van der Waals surface area (Å²) in [5.41, 5.74) is 0.769. The summed E-state index contributed by atoms with van der Waals surface area (Å²) in [4.78, 5) is 0.333. The van der Waals surface area contributed by atoms with E-state index in [0.29, 0.717) is 17.2 Å². The minimum absolute atomic E-state index is 0.213. The fraction of sp³-hybridized carbons (Fsp3) is 0.333. The van der Waals surface area contributed by atoms with Crippen LogP contribution in [-0.4, -0.2) is 26.3 Å². The largest absolute Gasteiger partial charge is 0.468 e. The van der Waals surface area contributed by atoms with Gasteiger partial charge in [0.05, 0.1) is 17.7 Å². The Morgan fingerprint density at radius 3 is 2.62 bits per heavy atom. The highest BCUT2D eigenvalue weighted by Gasteiger charge is 2.24. The lowest BCUT2D eigenvalue weighted by Gasteiger charge is -2.18. The Morgan fingerprint density at radius 2 is 1.95 bits per heavy atom. The van der Waals surface area contributed by atoms with Crippen molar-refractivity contribution in [1.29, 1.82) is 0 Å². The van der Waals surface area contributed by atoms with Crippen molar-refractivity contribution in [3.63, 3.8) is 0 Å². The maximum atomic E-state index is 12.7. The van der Waals surface area contributed by atoms with Gasteiger partial charge in [0.25, 0.3) is 0 Å². The molecule has 21 heavy (non-hydrogen) atoms. The van der Waals surface area contributed by atoms with E-state index in [-0.39, 0.29) is 6.54 Å². The van der Waals surface area contributed by atoms with Gasteiger partial charge in [-0.3, -0.25) is 0 Å². The van der Waals surface area contributed by atoms with E-state index in [4.69, 9.17) is 4.42 Å². The van der Waals surface area contributed by atoms with Gasteiger partial charge in [0.15, 0.2) is 0 Å². The number of benzene rings is 1. The van der Waals surface area contributed by atoms with Crippen molar-refractivity contribution in [3.8, 4) is 0 Å². The molecule has 0 fully saturated rings. The van der Waals surface area contributed by atoms with Crippen molar-refractivity contribution in [1.82, 2.24) is 9.62 Å². The van der Waals surface area contributed by atoms with Crippen LogP contribution < -0.4 is 5.32 Å². The molecule has 1 aromatic carbocycles. The fourth-order valence-corrected chi connectivity index (χ4v) is 3.39. The molecule has 2 rings (SSSR count). The molecule has 0 aliphatic heterocycles. The van der Waals surface area contributed by atoms with Crippen LogP contribution in [-0.2, 0) is 23.1 Å². The van der Waals surface area contributed by atoms with Crippen molar-refractivity contribution in [2.24, 2.45) is 0 Å². The van der Waals surface area contributed by atoms with Gasteiger partial charge >= 0.3 is 0 Å². The van der Waals surface area contributed by atoms with Crippen molar-refractivity contribution in [2.75, 3.05) is 13.6 Å². The Hall–Kier alpha value is -1.63. The molecule has 0 spiro atoms. The Bertz CT molecular complexity index is 666. The first kappa shape index (κ1) is 15.8. The van der Waals surface area contributed by atoms with Gasteiger partial charge in [-0.25, -0.2) is 8.42 Å². The third-order valence-corrected chi connectivity index (χ3v) is 5.09. The van der Waals surface area contributed by atoms with Crippen LogP contribution in [0.2, 0.25) is 0 Å². The van der Waals surface area contributed by atoms with Gasteiger partial charge < -0.3 is 9.73 Å². The summed E-state index contributed by atoms with van der Waals surface area (Å²) in [5, 5.41) is 3.16. The van der Waals surface area contributed by atoms with E-state index in [2.05, 4.69) is 5.32 Å². The number of furan rings is 1. The molecule has 1 aromatic heterocycles. The summed E-state index contributed by atoms with van der Waals surface area (Å²) in [6, 6.07) is 10.6. The number of nitrogens with one attached hydrogen (secondary N) is 1. The normalized spacial score (nSPS) is 12.0. The predicted molar refractivity (Wildman–Crippen MR) is 81.2 cm³/mol. The Labute approximate surface area is 125 Å². The van der Waals surface area contributed by atoms with E-state index >= 15 is 0 Å². The van der Waals surface area contributed by atoms with Crippen molar-refractivity contribution in [2.45, 2.75) is 24.9 Å². The van der Waals surface area contributed by atoms with Crippen LogP contribution >= 0.6 is 0 Å². The summed E-state index contributed by atoms with van der Waals surface area (Å²) >= 11 is 0. The minimum Gasteiger partial charge on any atom is -0.468 e. The molecular weight excluding hydrogens is 288 g/mol. The van der Waals surface area contributed by atoms with Crippen LogP contribution in [0.4, 0.5) is 0 Å². The number of rotatable bonds is 7. The van der Waals surface area contributed by atoms with Gasteiger partial charge in [0.2, 0.25) is 10.0 Å². The van der Waals surface area contributed by atoms with E-state index in [1.54, 1.807) is 31.3 Å². The highest BCUT2D eigenvalue weighted by Crippen LogP contribution is 2.21. The second kappa shape index (κ2) is 6.89. The zero-order chi connectivity index (χ0) is 15.3. The Morgan fingerprint density at radius 1 is 1.19 bits per heavy atom. The SMILES string of the molecule is CCNCc1ccccc1S(=O)(=O)N(C)Cc1ccco1. The van der Waals surface area contributed by atoms with Crippen LogP contribution in [0, 0.1) is 0 Å². The molecule has 1 heterocycles. The monoisotopic (exact) mass is 308 g/mol. The number of nitrogens with zero attached hydrogens (tertiary/aromatic N) is 1. The van der Waals surface area contributed by atoms with E-state index in [0.717, 1.165) is 12.1 Å². The summed E-state index contributed by atoms with van der Waals surface area (Å²) < 4.78 is 31.9. The van der Waals surface area contributed by atoms with Crippen LogP contribution in [0.5, 0.6) is 0 Å². The molecule has 1 N–H and O–H groups in total. The molecule has 6 heteroatoms. The summed E-state index contributed by atoms with van der Waals surface area (Å²) in [6.07, 6.45) is 1.54. The highest BCUT2D eigenvalue weighted by molar-refractivity contribution is 7.89. The first-order chi connectivity index (χ1) is 10.1. The molecule has 0 amide bonds. The summed E-state index contributed by atoms with van der Waals surface area (Å²) in [5.74, 6) is 0.616. The Kier molecular flexibility index (Phi) is 5.17. The van der Waals surface area contributed by atoms with Gasteiger partial charge in [-0.05, 0) is 30.3 Å². The predicted octanol–water partition coefficient (Wildman–Crippen LogP) is 2.21. The van der Waals surface area contributed by atoms with Crippen LogP contribution in [0.25, 0.3) is 0 Å². The van der Waals surface area contributed by atoms with Gasteiger partial charge in [0.1, 0.15) is 5.76 Å². The van der Waals surface area contributed by atoms with Crippen LogP contribution in [0.1, 0.15) is 18.2 Å². The maximum absolute atomic E-state index is 12.7. The van der Waals surface area contributed by atoms with Gasteiger partial charge in [-0.1, -0.05) is 25.1 Å². The quantitative estimate of drug-likeness (QED) is 0.852. The second-order valence-electron chi connectivity index (χ2n) is 4.73. The zero-order valence-corrected chi connectivity index (χ0v) is 13.1. The molecule has 5 nitrogen and oxygen atoms in total. The molecule has 0 bridgehead atoms. The van der Waals surface area contributed by atoms with Crippen LogP contribution in [0.3, 0.4) is 0 Å². The van der Waals surface area contributed by atoms with E-state index in [9.17, 15) is 8.42 Å². The Balaban J connectivity index is 2.26. The van der Waals surface area contributed by atoms with Gasteiger partial charge in [-0.2, -0.15) is 4.31 Å². The number of hydrogen-bond donors (Lipinski definition) is 1. The van der Waals surface area contributed by atoms with E-state index in [1.165, 1.54) is 10.6 Å². The zero-order valence-electron chi connectivity index (χ0n) is 12.2. The third-order valence-electron chi connectivity index (χ3n) is 3.18. The number of sulfonamides is 1. The average molecular weight is 308 g/mol. The molecule has 0 aliphatic carbocycles. The van der Waals surface area contributed by atoms with Crippen molar-refractivity contribution >= 4 is 10.0 Å². The van der Waals surface area contributed by atoms with Crippen LogP contribution in [0.15, 0.2) is 52.0 Å². The van der Waals surface area contributed by atoms with E-state index in [1.807, 2.05) is 19.1 Å². The fourth-order valence-electron chi connectivity index (χ4n) is 2.04. The minimum atomic E-state index is -3.54. The summed E-state index contributed by atoms with van der Waals surface area (Å²) in [7, 11) is -1.99. The number of hydrogen-bond acceptors (Lipinski definition) is 4. The first-order valence-corrected chi connectivity index (χ1v) is 8.27. The topological polar surface area (TPSA) is 62.6 Å². The maximum Gasteiger partial charge on any atom is 0.243 e. The third kappa shape index (κ3) is 3.72. The molecular formula is C15H20N2O3S. The first-order valence-electron chi connectivity index (χ1n) is 6.83. The molecule has 0 saturated carbocycles. The van der Waals surface area contributed by atoms with E-state index < -0.39 is 10.0 Å². The summed E-state index contributed by atoms with van der Waals surface area (Å²) in [6.45, 7) is 3.52. The van der Waals surface area contributed by atoms with Crippen molar-refractivity contribution < 1.29 is 12.8 Å².